The van der Waals surface area contributed by atoms with E-state index in [1.807, 2.05) is 230 Å². The molecule has 0 spiro atoms. The van der Waals surface area contributed by atoms with Crippen LogP contribution in [0.5, 0.6) is 0 Å². The number of anilines is 2. The zero-order chi connectivity index (χ0) is 83.3. The number of imide groups is 1. The van der Waals surface area contributed by atoms with Gasteiger partial charge < -0.3 is 0 Å². The first kappa shape index (κ1) is 93.2. The molecule has 3 amide bonds. The first-order valence-electron chi connectivity index (χ1n) is 34.7. The van der Waals surface area contributed by atoms with Gasteiger partial charge in [-0.2, -0.15) is 0 Å². The highest BCUT2D eigenvalue weighted by atomic mass is 35.5. The number of rotatable bonds is 10. The summed E-state index contributed by atoms with van der Waals surface area (Å²) in [6.07, 6.45) is 0. The van der Waals surface area contributed by atoms with Crippen molar-refractivity contribution in [3.05, 3.63) is 374 Å². The van der Waals surface area contributed by atoms with E-state index in [2.05, 4.69) is 6.92 Å². The fourth-order valence-electron chi connectivity index (χ4n) is 10.1. The summed E-state index contributed by atoms with van der Waals surface area (Å²) in [4.78, 5) is 106. The Morgan fingerprint density at radius 2 is 0.672 bits per heavy atom. The maximum absolute atomic E-state index is 11.9. The number of halogens is 7. The van der Waals surface area contributed by atoms with E-state index < -0.39 is 0 Å². The Hall–Kier alpha value is -8.32. The number of carbonyl (C=O) groups excluding carboxylic acids is 3. The van der Waals surface area contributed by atoms with Crippen LogP contribution in [0.3, 0.4) is 0 Å². The molecule has 0 bridgehead atoms. The van der Waals surface area contributed by atoms with Gasteiger partial charge in [0, 0.05) is 41.1 Å². The van der Waals surface area contributed by atoms with Crippen LogP contribution in [0.4, 0.5) is 16.2 Å². The molecule has 8 heterocycles. The standard InChI is InChI=1S/C12H12ClNOS.C11H10ClNOS.C10H10ClNOS.4C10H8ClNOS.C10H9NO2S.CH4/c1-7-4-5-10(6-8(7)2)14-12(15)9(3)11(13)16-14;1-7-3-5-9(6-4-7)13-11(14)8(2)10(12)15-13;1-7-2-4-8(5-3-7)12-9(13)6-14-10(12)11;2*1-7-2-4-8(5-3-7)12-10(13)6-9(11)14-12;2*11-9-6-10(13)12(14-9)7-8-4-2-1-3-5-8;1-7-2-4-8(5-3-7)11-9(12)6-14-10(11)13;/h4-6H,1-3H3;3-6H,1-2H3;2-5,10H,6H2,1H3;2*2-6H,1H3;2*1-6H,7H2;2-5H,6H2,1H3;1H4. The Morgan fingerprint density at radius 3 is 0.974 bits per heavy atom. The molecular formula is C84H77Cl7N8O9S8. The third-order valence-electron chi connectivity index (χ3n) is 16.6. The molecule has 16 rings (SSSR count). The molecule has 2 fully saturated rings. The largest absolute Gasteiger partial charge is 0.293 e. The van der Waals surface area contributed by atoms with Crippen LogP contribution < -0.4 is 43.2 Å². The molecule has 2 aliphatic heterocycles. The Morgan fingerprint density at radius 1 is 0.336 bits per heavy atom. The van der Waals surface area contributed by atoms with Crippen molar-refractivity contribution in [1.29, 1.82) is 0 Å². The average molecular weight is 1850 g/mol. The minimum Gasteiger partial charge on any atom is -0.285 e. The van der Waals surface area contributed by atoms with Crippen LogP contribution in [-0.2, 0) is 22.7 Å². The summed E-state index contributed by atoms with van der Waals surface area (Å²) >= 11 is 50.9. The Balaban J connectivity index is 0.000000165. The topological polar surface area (TPSA) is 190 Å². The number of aromatic nitrogens is 6. The van der Waals surface area contributed by atoms with Crippen molar-refractivity contribution in [2.45, 2.75) is 87.7 Å². The number of thioether (sulfide) groups is 2. The maximum atomic E-state index is 11.9. The number of nitrogens with zero attached hydrogens (tertiary/aromatic N) is 8. The molecule has 8 aromatic carbocycles. The van der Waals surface area contributed by atoms with Gasteiger partial charge >= 0.3 is 0 Å². The Kier molecular flexibility index (Phi) is 35.7. The average Bonchev–Trinajstić information content (AvgIpc) is 1.71. The lowest BCUT2D eigenvalue weighted by Gasteiger charge is -2.18. The van der Waals surface area contributed by atoms with Crippen LogP contribution in [-0.4, -0.2) is 57.1 Å². The van der Waals surface area contributed by atoms with E-state index in [9.17, 15) is 43.2 Å². The highest BCUT2D eigenvalue weighted by molar-refractivity contribution is 8.15. The zero-order valence-electron chi connectivity index (χ0n) is 62.9. The lowest BCUT2D eigenvalue weighted by atomic mass is 10.1. The second-order valence-corrected chi connectivity index (χ2v) is 37.8. The van der Waals surface area contributed by atoms with Gasteiger partial charge in [-0.1, -0.05) is 256 Å². The first-order chi connectivity index (χ1) is 54.8. The van der Waals surface area contributed by atoms with Crippen LogP contribution in [0.2, 0.25) is 26.0 Å². The van der Waals surface area contributed by atoms with Crippen LogP contribution in [0.1, 0.15) is 68.6 Å². The molecule has 2 aliphatic rings. The van der Waals surface area contributed by atoms with Crippen molar-refractivity contribution < 1.29 is 14.4 Å². The first-order valence-corrected chi connectivity index (χ1v) is 44.0. The van der Waals surface area contributed by atoms with Gasteiger partial charge in [-0.3, -0.25) is 56.0 Å². The fourth-order valence-corrected chi connectivity index (χ4v) is 18.4. The lowest BCUT2D eigenvalue weighted by molar-refractivity contribution is -0.116. The van der Waals surface area contributed by atoms with Crippen LogP contribution in [0.25, 0.3) is 22.7 Å². The molecule has 1 atom stereocenters. The van der Waals surface area contributed by atoms with Gasteiger partial charge in [-0.15, -0.1) is 11.8 Å². The summed E-state index contributed by atoms with van der Waals surface area (Å²) in [5.41, 5.74) is 16.3. The van der Waals surface area contributed by atoms with Crippen molar-refractivity contribution in [1.82, 2.24) is 23.7 Å². The van der Waals surface area contributed by atoms with E-state index in [4.69, 9.17) is 81.2 Å². The third-order valence-corrected chi connectivity index (χ3v) is 26.5. The summed E-state index contributed by atoms with van der Waals surface area (Å²) in [7, 11) is 0. The summed E-state index contributed by atoms with van der Waals surface area (Å²) in [6.45, 7) is 18.8. The Labute approximate surface area is 738 Å². The van der Waals surface area contributed by atoms with Gasteiger partial charge in [-0.05, 0) is 227 Å². The molecule has 6 aromatic heterocycles. The van der Waals surface area contributed by atoms with E-state index >= 15 is 0 Å². The Bertz CT molecular complexity index is 5810. The fraction of sp³-hybridized carbons (Fsp3) is 0.179. The van der Waals surface area contributed by atoms with Gasteiger partial charge in [0.25, 0.3) is 38.6 Å². The van der Waals surface area contributed by atoms with Crippen LogP contribution in [0, 0.1) is 62.3 Å². The summed E-state index contributed by atoms with van der Waals surface area (Å²) in [6, 6.07) is 69.8. The number of hydrogen-bond donors (Lipinski definition) is 0. The number of benzene rings is 8. The molecule has 0 aliphatic carbocycles. The molecule has 32 heteroatoms. The number of aryl methyl sites for hydroxylation is 7. The van der Waals surface area contributed by atoms with Gasteiger partial charge in [0.1, 0.15) is 26.0 Å². The molecule has 0 saturated carbocycles. The van der Waals surface area contributed by atoms with Crippen LogP contribution >= 0.6 is 174 Å². The second-order valence-electron chi connectivity index (χ2n) is 25.4. The van der Waals surface area contributed by atoms with Gasteiger partial charge in [0.2, 0.25) is 11.8 Å². The molecule has 0 radical (unpaired) electrons. The van der Waals surface area contributed by atoms with Crippen molar-refractivity contribution in [2.75, 3.05) is 21.3 Å². The zero-order valence-corrected chi connectivity index (χ0v) is 74.8. The number of amides is 3. The van der Waals surface area contributed by atoms with Gasteiger partial charge in [0.05, 0.1) is 53.0 Å². The third kappa shape index (κ3) is 26.6. The van der Waals surface area contributed by atoms with E-state index in [0.29, 0.717) is 61.7 Å². The number of alkyl halides is 1. The van der Waals surface area contributed by atoms with E-state index in [0.717, 1.165) is 56.9 Å². The maximum Gasteiger partial charge on any atom is 0.293 e. The highest BCUT2D eigenvalue weighted by Crippen LogP contribution is 2.34. The van der Waals surface area contributed by atoms with Gasteiger partial charge in [-0.25, -0.2) is 20.7 Å². The predicted molar refractivity (Wildman–Crippen MR) is 495 cm³/mol. The number of carbonyl (C=O) groups is 3. The minimum atomic E-state index is -0.259. The quantitative estimate of drug-likeness (QED) is 0.0935. The normalized spacial score (nSPS) is 12.5. The van der Waals surface area contributed by atoms with Crippen molar-refractivity contribution in [3.63, 3.8) is 0 Å². The minimum absolute atomic E-state index is 0. The molecule has 14 aromatic rings. The van der Waals surface area contributed by atoms with Gasteiger partial charge in [0.15, 0.2) is 4.83 Å². The van der Waals surface area contributed by atoms with E-state index in [-0.39, 0.29) is 68.4 Å². The summed E-state index contributed by atoms with van der Waals surface area (Å²) in [5, 5.41) is -0.182. The van der Waals surface area contributed by atoms with Crippen LogP contribution in [0.15, 0.2) is 253 Å². The van der Waals surface area contributed by atoms with Crippen molar-refractivity contribution in [3.8, 4) is 22.7 Å². The monoisotopic (exact) mass is 1840 g/mol. The SMILES string of the molecule is C.Cc1ccc(-n2sc(Cl)c(C)c2=O)cc1.Cc1ccc(-n2sc(Cl)c(C)c2=O)cc1C.Cc1ccc(-n2sc(Cl)cc2=O)cc1.Cc1ccc(-n2sc(Cl)cc2=O)cc1.Cc1ccc(N2C(=O)CSC2=O)cc1.Cc1ccc(N2C(=O)CSC2Cl)cc1.O=c1cc(Cl)sn1Cc1ccccc1.O=c1cc(Cl)sn1Cc1ccccc1. The van der Waals surface area contributed by atoms with Crippen molar-refractivity contribution >= 4 is 202 Å². The second kappa shape index (κ2) is 44.5. The molecule has 116 heavy (non-hydrogen) atoms. The highest BCUT2D eigenvalue weighted by Gasteiger charge is 2.32. The molecule has 17 nitrogen and oxygen atoms in total. The van der Waals surface area contributed by atoms with E-state index in [1.54, 1.807) is 54.6 Å². The summed E-state index contributed by atoms with van der Waals surface area (Å²) in [5.74, 6) is 0.678. The molecule has 604 valence electrons. The van der Waals surface area contributed by atoms with Crippen molar-refractivity contribution in [2.24, 2.45) is 0 Å². The number of hydrogen-bond acceptors (Lipinski definition) is 17. The molecular weight excluding hydrogens is 1770 g/mol. The lowest BCUT2D eigenvalue weighted by Crippen LogP contribution is -2.29. The summed E-state index contributed by atoms with van der Waals surface area (Å²) < 4.78 is 12.9. The molecule has 1 unspecified atom stereocenters. The van der Waals surface area contributed by atoms with E-state index in [1.165, 1.54) is 144 Å². The molecule has 2 saturated heterocycles. The smallest absolute Gasteiger partial charge is 0.285 e. The predicted octanol–water partition coefficient (Wildman–Crippen LogP) is 23.0. The molecule has 0 N–H and O–H groups in total.